The van der Waals surface area contributed by atoms with Crippen LogP contribution in [0, 0.1) is 5.82 Å². The van der Waals surface area contributed by atoms with Crippen LogP contribution in [0.2, 0.25) is 0 Å². The first-order valence-corrected chi connectivity index (χ1v) is 15.2. The first-order chi connectivity index (χ1) is 18.6. The number of rotatable bonds is 10. The number of amidine groups is 1. The molecule has 2 aliphatic heterocycles. The number of aliphatic hydroxyl groups excluding tert-OH is 2. The van der Waals surface area contributed by atoms with E-state index >= 15 is 0 Å². The summed E-state index contributed by atoms with van der Waals surface area (Å²) in [6, 6.07) is 13.3. The molecule has 4 rings (SSSR count). The molecule has 39 heavy (non-hydrogen) atoms. The van der Waals surface area contributed by atoms with Crippen molar-refractivity contribution < 1.29 is 27.8 Å². The lowest BCUT2D eigenvalue weighted by atomic mass is 9.88. The number of ether oxygens (including phenoxy) is 1. The molecule has 0 bridgehead atoms. The second-order valence-electron chi connectivity index (χ2n) is 11.0. The van der Waals surface area contributed by atoms with Gasteiger partial charge in [0.1, 0.15) is 16.7 Å². The molecule has 2 saturated heterocycles. The van der Waals surface area contributed by atoms with Crippen molar-refractivity contribution in [1.29, 1.82) is 0 Å². The quantitative estimate of drug-likeness (QED) is 0.410. The van der Waals surface area contributed by atoms with Crippen LogP contribution in [-0.4, -0.2) is 73.3 Å². The number of halogens is 1. The first-order valence-electron chi connectivity index (χ1n) is 13.7. The smallest absolute Gasteiger partial charge is 0.299 e. The number of aliphatic imine (C=N–C) groups is 1. The minimum Gasteiger partial charge on any atom is -0.457 e. The minimum atomic E-state index is -3.86. The second kappa shape index (κ2) is 12.8. The predicted molar refractivity (Wildman–Crippen MR) is 150 cm³/mol. The van der Waals surface area contributed by atoms with E-state index in [1.165, 1.54) is 11.6 Å². The van der Waals surface area contributed by atoms with E-state index in [0.717, 1.165) is 44.5 Å². The maximum Gasteiger partial charge on any atom is 0.299 e. The van der Waals surface area contributed by atoms with Gasteiger partial charge in [0.05, 0.1) is 6.04 Å². The summed E-state index contributed by atoms with van der Waals surface area (Å²) in [6.45, 7) is 6.38. The fourth-order valence-corrected chi connectivity index (χ4v) is 7.22. The largest absolute Gasteiger partial charge is 0.457 e. The molecule has 214 valence electrons. The molecule has 0 radical (unpaired) electrons. The minimum absolute atomic E-state index is 0.118. The normalized spacial score (nSPS) is 23.2. The van der Waals surface area contributed by atoms with Crippen LogP contribution < -0.4 is 4.72 Å². The molecular weight excluding hydrogens is 521 g/mol. The predicted octanol–water partition coefficient (Wildman–Crippen LogP) is 3.51. The summed E-state index contributed by atoms with van der Waals surface area (Å²) in [5.74, 6) is -0.00355. The Morgan fingerprint density at radius 3 is 2.41 bits per heavy atom. The van der Waals surface area contributed by atoms with E-state index in [1.807, 2.05) is 12.1 Å². The van der Waals surface area contributed by atoms with Gasteiger partial charge in [-0.25, -0.2) is 22.5 Å². The molecule has 3 N–H and O–H groups in total. The van der Waals surface area contributed by atoms with E-state index in [0.29, 0.717) is 5.92 Å². The zero-order chi connectivity index (χ0) is 28.0. The van der Waals surface area contributed by atoms with Crippen LogP contribution in [0.25, 0.3) is 0 Å². The summed E-state index contributed by atoms with van der Waals surface area (Å²) in [5, 5.41) is 17.7. The van der Waals surface area contributed by atoms with Crippen LogP contribution >= 0.6 is 0 Å². The number of benzene rings is 2. The van der Waals surface area contributed by atoms with Gasteiger partial charge in [-0.1, -0.05) is 42.5 Å². The molecule has 0 spiro atoms. The Morgan fingerprint density at radius 1 is 1.10 bits per heavy atom. The number of nitrogens with zero attached hydrogens (tertiary/aromatic N) is 2. The third-order valence-corrected chi connectivity index (χ3v) is 9.71. The fourth-order valence-electron chi connectivity index (χ4n) is 5.53. The summed E-state index contributed by atoms with van der Waals surface area (Å²) in [4.78, 5) is 6.76. The van der Waals surface area contributed by atoms with Crippen molar-refractivity contribution in [2.45, 2.75) is 68.8 Å². The average molecular weight is 562 g/mol. The van der Waals surface area contributed by atoms with E-state index in [9.17, 15) is 17.9 Å². The topological polar surface area (TPSA) is 111 Å². The molecule has 0 aliphatic carbocycles. The molecule has 2 fully saturated rings. The number of piperidine rings is 1. The molecular formula is C29H40FN3O5S. The Hall–Kier alpha value is -2.53. The van der Waals surface area contributed by atoms with Crippen LogP contribution in [0.5, 0.6) is 0 Å². The first kappa shape index (κ1) is 29.5. The van der Waals surface area contributed by atoms with Gasteiger partial charge < -0.3 is 19.8 Å². The molecule has 2 unspecified atom stereocenters. The van der Waals surface area contributed by atoms with Crippen molar-refractivity contribution in [2.75, 3.05) is 32.8 Å². The lowest BCUT2D eigenvalue weighted by molar-refractivity contribution is 0.0759. The summed E-state index contributed by atoms with van der Waals surface area (Å²) in [5.41, 5.74) is 1.33. The van der Waals surface area contributed by atoms with Crippen LogP contribution in [0.4, 0.5) is 4.39 Å². The van der Waals surface area contributed by atoms with Crippen LogP contribution in [0.3, 0.4) is 0 Å². The highest BCUT2D eigenvalue weighted by Gasteiger charge is 2.47. The highest BCUT2D eigenvalue weighted by molar-refractivity contribution is 7.90. The molecule has 2 aliphatic rings. The van der Waals surface area contributed by atoms with E-state index < -0.39 is 32.7 Å². The number of likely N-dealkylation sites (tertiary alicyclic amines) is 1. The highest BCUT2D eigenvalue weighted by atomic mass is 32.2. The Bertz CT molecular complexity index is 1230. The van der Waals surface area contributed by atoms with Gasteiger partial charge in [-0.15, -0.1) is 0 Å². The van der Waals surface area contributed by atoms with E-state index in [-0.39, 0.29) is 37.6 Å². The Morgan fingerprint density at radius 2 is 1.79 bits per heavy atom. The number of hydrogen-bond donors (Lipinski definition) is 3. The van der Waals surface area contributed by atoms with Crippen molar-refractivity contribution >= 4 is 16.0 Å². The zero-order valence-electron chi connectivity index (χ0n) is 22.7. The number of aliphatic hydroxyl groups is 2. The Labute approximate surface area is 231 Å². The summed E-state index contributed by atoms with van der Waals surface area (Å²) < 4.78 is 49.6. The average Bonchev–Trinajstić information content (AvgIpc) is 2.90. The van der Waals surface area contributed by atoms with Gasteiger partial charge >= 0.3 is 0 Å². The third-order valence-electron chi connectivity index (χ3n) is 7.77. The monoisotopic (exact) mass is 561 g/mol. The Kier molecular flexibility index (Phi) is 9.64. The molecule has 2 heterocycles. The van der Waals surface area contributed by atoms with Crippen molar-refractivity contribution in [2.24, 2.45) is 4.99 Å². The lowest BCUT2D eigenvalue weighted by Gasteiger charge is -2.39. The number of sulfonamides is 1. The molecule has 2 aromatic rings. The molecule has 10 heteroatoms. The molecule has 2 aromatic carbocycles. The van der Waals surface area contributed by atoms with Gasteiger partial charge in [0.2, 0.25) is 10.0 Å². The second-order valence-corrected chi connectivity index (χ2v) is 12.8. The third kappa shape index (κ3) is 7.36. The van der Waals surface area contributed by atoms with E-state index in [1.54, 1.807) is 32.0 Å². The molecule has 2 atom stereocenters. The Balaban J connectivity index is 1.44. The van der Waals surface area contributed by atoms with E-state index in [4.69, 9.17) is 9.84 Å². The maximum atomic E-state index is 14.4. The molecule has 0 aromatic heterocycles. The highest BCUT2D eigenvalue weighted by Crippen LogP contribution is 2.32. The molecule has 8 nitrogen and oxygen atoms in total. The van der Waals surface area contributed by atoms with E-state index in [2.05, 4.69) is 26.7 Å². The maximum absolute atomic E-state index is 14.4. The standard InChI is InChI=1S/C29H40FN3O5S/c1-29(2)27(20-21-8-10-22(11-9-21)23-12-16-33(17-13-23)15-5-18-34)39(36,37)32-28(38-29)31-26(14-19-35)24-6-3-4-7-25(24)30/h3-4,6-11,23,26-27,34-35H,5,12-20H2,1-2H3,(H,31,32). The summed E-state index contributed by atoms with van der Waals surface area (Å²) in [6.07, 6.45) is 3.33. The van der Waals surface area contributed by atoms with Gasteiger partial charge in [-0.05, 0) is 82.2 Å². The van der Waals surface area contributed by atoms with Crippen molar-refractivity contribution in [3.63, 3.8) is 0 Å². The summed E-state index contributed by atoms with van der Waals surface area (Å²) in [7, 11) is -3.86. The van der Waals surface area contributed by atoms with Crippen LogP contribution in [-0.2, 0) is 21.2 Å². The van der Waals surface area contributed by atoms with Crippen LogP contribution in [0.15, 0.2) is 53.5 Å². The van der Waals surface area contributed by atoms with Crippen molar-refractivity contribution in [1.82, 2.24) is 9.62 Å². The van der Waals surface area contributed by atoms with Gasteiger partial charge in [0.25, 0.3) is 6.02 Å². The number of nitrogens with one attached hydrogen (secondary N) is 1. The fraction of sp³-hybridized carbons (Fsp3) is 0.552. The van der Waals surface area contributed by atoms with Gasteiger partial charge in [-0.3, -0.25) is 0 Å². The van der Waals surface area contributed by atoms with Crippen molar-refractivity contribution in [3.8, 4) is 0 Å². The molecule has 0 saturated carbocycles. The van der Waals surface area contributed by atoms with Gasteiger partial charge in [0.15, 0.2) is 0 Å². The SMILES string of the molecule is CC1(C)OC(=NC(CCO)c2ccccc2F)NS(=O)(=O)C1Cc1ccc(C2CCN(CCCO)CC2)cc1. The number of hydrogen-bond acceptors (Lipinski definition) is 7. The lowest BCUT2D eigenvalue weighted by Crippen LogP contribution is -2.59. The van der Waals surface area contributed by atoms with Gasteiger partial charge in [-0.2, -0.15) is 0 Å². The van der Waals surface area contributed by atoms with Crippen LogP contribution in [0.1, 0.15) is 68.2 Å². The van der Waals surface area contributed by atoms with Gasteiger partial charge in [0, 0.05) is 25.3 Å². The zero-order valence-corrected chi connectivity index (χ0v) is 23.5. The summed E-state index contributed by atoms with van der Waals surface area (Å²) >= 11 is 0. The molecule has 0 amide bonds. The van der Waals surface area contributed by atoms with Crippen molar-refractivity contribution in [3.05, 3.63) is 71.0 Å².